The van der Waals surface area contributed by atoms with Gasteiger partial charge in [-0.15, -0.1) is 11.3 Å². The highest BCUT2D eigenvalue weighted by Gasteiger charge is 1.88. The van der Waals surface area contributed by atoms with E-state index in [4.69, 9.17) is 0 Å². The summed E-state index contributed by atoms with van der Waals surface area (Å²) in [6.07, 6.45) is 4.66. The minimum absolute atomic E-state index is 1.10. The Kier molecular flexibility index (Phi) is 2.78. The minimum Gasteiger partial charge on any atom is -0.211 e. The molecule has 0 unspecified atom stereocenters. The Morgan fingerprint density at radius 2 is 2.45 bits per heavy atom. The lowest BCUT2D eigenvalue weighted by atomic mass is 10.4. The first-order valence-corrected chi connectivity index (χ1v) is 3.94. The van der Waals surface area contributed by atoms with Crippen LogP contribution in [0.5, 0.6) is 0 Å². The average molecular weight is 165 g/mol. The van der Waals surface area contributed by atoms with Crippen molar-refractivity contribution >= 4 is 23.5 Å². The summed E-state index contributed by atoms with van der Waals surface area (Å²) < 4.78 is 0. The van der Waals surface area contributed by atoms with Gasteiger partial charge in [-0.25, -0.2) is 4.79 Å². The molecule has 0 saturated heterocycles. The van der Waals surface area contributed by atoms with Crippen LogP contribution in [0.3, 0.4) is 0 Å². The molecule has 0 fully saturated rings. The molecule has 3 heteroatoms. The molecule has 0 saturated carbocycles. The largest absolute Gasteiger partial charge is 0.239 e. The number of aliphatic imine (C=N–C) groups is 1. The first-order chi connectivity index (χ1) is 5.33. The van der Waals surface area contributed by atoms with E-state index in [0.717, 1.165) is 4.88 Å². The molecule has 0 aliphatic carbocycles. The number of hydrogen-bond acceptors (Lipinski definition) is 3. The van der Waals surface area contributed by atoms with Gasteiger partial charge in [0.25, 0.3) is 0 Å². The Morgan fingerprint density at radius 1 is 1.64 bits per heavy atom. The molecule has 0 N–H and O–H groups in total. The molecule has 1 aromatic heterocycles. The maximum Gasteiger partial charge on any atom is 0.239 e. The zero-order valence-corrected chi connectivity index (χ0v) is 6.89. The molecule has 1 heterocycles. The lowest BCUT2D eigenvalue weighted by molar-refractivity contribution is 0.565. The molecule has 0 amide bonds. The summed E-state index contributed by atoms with van der Waals surface area (Å²) in [4.78, 5) is 15.3. The number of aryl methyl sites for hydroxylation is 1. The van der Waals surface area contributed by atoms with E-state index in [1.807, 2.05) is 19.1 Å². The third-order valence-electron chi connectivity index (χ3n) is 1.13. The van der Waals surface area contributed by atoms with Gasteiger partial charge >= 0.3 is 0 Å². The van der Waals surface area contributed by atoms with Crippen LogP contribution in [0.1, 0.15) is 9.75 Å². The second-order valence-corrected chi connectivity index (χ2v) is 3.30. The Hall–Kier alpha value is -1.18. The van der Waals surface area contributed by atoms with Crippen LogP contribution in [0.2, 0.25) is 0 Å². The summed E-state index contributed by atoms with van der Waals surface area (Å²) in [7, 11) is 0. The first kappa shape index (κ1) is 7.92. The number of nitrogens with zero attached hydrogens (tertiary/aromatic N) is 1. The van der Waals surface area contributed by atoms with Gasteiger partial charge in [0.15, 0.2) is 0 Å². The molecule has 2 nitrogen and oxygen atoms in total. The van der Waals surface area contributed by atoms with Gasteiger partial charge in [0.2, 0.25) is 6.08 Å². The number of carbonyl (C=O) groups excluding carboxylic acids is 1. The van der Waals surface area contributed by atoms with Crippen LogP contribution in [-0.4, -0.2) is 6.08 Å². The van der Waals surface area contributed by atoms with E-state index in [1.54, 1.807) is 17.4 Å². The van der Waals surface area contributed by atoms with E-state index in [0.29, 0.717) is 0 Å². The zero-order chi connectivity index (χ0) is 8.10. The van der Waals surface area contributed by atoms with E-state index in [-0.39, 0.29) is 0 Å². The number of isocyanates is 1. The van der Waals surface area contributed by atoms with Crippen molar-refractivity contribution in [1.82, 2.24) is 0 Å². The highest BCUT2D eigenvalue weighted by Crippen LogP contribution is 2.15. The molecule has 0 radical (unpaired) electrons. The third kappa shape index (κ3) is 2.50. The summed E-state index contributed by atoms with van der Waals surface area (Å²) in [5, 5.41) is 0. The summed E-state index contributed by atoms with van der Waals surface area (Å²) >= 11 is 1.66. The van der Waals surface area contributed by atoms with Gasteiger partial charge in [0.05, 0.1) is 0 Å². The van der Waals surface area contributed by atoms with Crippen LogP contribution in [0.25, 0.3) is 6.08 Å². The predicted molar refractivity (Wildman–Crippen MR) is 46.2 cm³/mol. The van der Waals surface area contributed by atoms with Gasteiger partial charge in [-0.05, 0) is 25.1 Å². The smallest absolute Gasteiger partial charge is 0.211 e. The molecular formula is C8H7NOS. The van der Waals surface area contributed by atoms with Crippen LogP contribution in [-0.2, 0) is 4.79 Å². The number of hydrogen-bond donors (Lipinski definition) is 0. The van der Waals surface area contributed by atoms with E-state index in [2.05, 4.69) is 4.99 Å². The zero-order valence-electron chi connectivity index (χ0n) is 6.07. The van der Waals surface area contributed by atoms with Crippen molar-refractivity contribution in [3.05, 3.63) is 28.1 Å². The fourth-order valence-corrected chi connectivity index (χ4v) is 1.46. The first-order valence-electron chi connectivity index (χ1n) is 3.13. The number of thiophene rings is 1. The SMILES string of the molecule is Cc1ccc(/C=C\N=C=O)s1. The molecule has 0 aliphatic heterocycles. The normalized spacial score (nSPS) is 9.91. The molecular weight excluding hydrogens is 158 g/mol. The van der Waals surface area contributed by atoms with E-state index >= 15 is 0 Å². The van der Waals surface area contributed by atoms with Gasteiger partial charge in [0, 0.05) is 16.0 Å². The molecule has 0 atom stereocenters. The highest BCUT2D eigenvalue weighted by atomic mass is 32.1. The van der Waals surface area contributed by atoms with Crippen molar-refractivity contribution in [2.75, 3.05) is 0 Å². The summed E-state index contributed by atoms with van der Waals surface area (Å²) in [6.45, 7) is 2.03. The van der Waals surface area contributed by atoms with Crippen LogP contribution in [0, 0.1) is 6.92 Å². The van der Waals surface area contributed by atoms with Crippen LogP contribution in [0.15, 0.2) is 23.3 Å². The van der Waals surface area contributed by atoms with Gasteiger partial charge in [-0.1, -0.05) is 0 Å². The van der Waals surface area contributed by atoms with Crippen molar-refractivity contribution in [1.29, 1.82) is 0 Å². The molecule has 11 heavy (non-hydrogen) atoms. The van der Waals surface area contributed by atoms with Crippen molar-refractivity contribution in [3.8, 4) is 0 Å². The fourth-order valence-electron chi connectivity index (χ4n) is 0.684. The average Bonchev–Trinajstić information content (AvgIpc) is 2.37. The van der Waals surface area contributed by atoms with Crippen molar-refractivity contribution in [2.45, 2.75) is 6.92 Å². The number of rotatable bonds is 2. The maximum atomic E-state index is 9.66. The van der Waals surface area contributed by atoms with Gasteiger partial charge in [-0.3, -0.25) is 0 Å². The Labute approximate surface area is 68.9 Å². The molecule has 0 aromatic carbocycles. The standard InChI is InChI=1S/C8H7NOS/c1-7-2-3-8(11-7)4-5-9-6-10/h2-5H,1H3/b5-4-. The van der Waals surface area contributed by atoms with Gasteiger partial charge in [0.1, 0.15) is 0 Å². The lowest BCUT2D eigenvalue weighted by Gasteiger charge is -1.77. The van der Waals surface area contributed by atoms with Crippen LogP contribution >= 0.6 is 11.3 Å². The van der Waals surface area contributed by atoms with E-state index in [1.165, 1.54) is 17.2 Å². The third-order valence-corrected chi connectivity index (χ3v) is 2.09. The fraction of sp³-hybridized carbons (Fsp3) is 0.125. The Balaban J connectivity index is 2.71. The monoisotopic (exact) mass is 165 g/mol. The van der Waals surface area contributed by atoms with Gasteiger partial charge in [-0.2, -0.15) is 4.99 Å². The summed E-state index contributed by atoms with van der Waals surface area (Å²) in [5.41, 5.74) is 0. The van der Waals surface area contributed by atoms with Crippen molar-refractivity contribution in [3.63, 3.8) is 0 Å². The molecule has 1 rings (SSSR count). The Morgan fingerprint density at radius 3 is 3.00 bits per heavy atom. The Bertz CT molecular complexity index is 308. The molecule has 0 spiro atoms. The van der Waals surface area contributed by atoms with E-state index < -0.39 is 0 Å². The molecule has 56 valence electrons. The summed E-state index contributed by atoms with van der Waals surface area (Å²) in [6, 6.07) is 4.01. The van der Waals surface area contributed by atoms with Crippen molar-refractivity contribution in [2.24, 2.45) is 4.99 Å². The van der Waals surface area contributed by atoms with Crippen LogP contribution < -0.4 is 0 Å². The minimum atomic E-state index is 1.10. The van der Waals surface area contributed by atoms with Crippen LogP contribution in [0.4, 0.5) is 0 Å². The second kappa shape index (κ2) is 3.86. The molecule has 1 aromatic rings. The lowest BCUT2D eigenvalue weighted by Crippen LogP contribution is -1.53. The quantitative estimate of drug-likeness (QED) is 0.488. The second-order valence-electron chi connectivity index (χ2n) is 1.98. The summed E-state index contributed by atoms with van der Waals surface area (Å²) in [5.74, 6) is 0. The topological polar surface area (TPSA) is 29.4 Å². The molecule has 0 bridgehead atoms. The maximum absolute atomic E-state index is 9.66. The predicted octanol–water partition coefficient (Wildman–Crippen LogP) is 2.36. The van der Waals surface area contributed by atoms with Crippen molar-refractivity contribution < 1.29 is 4.79 Å². The molecule has 0 aliphatic rings. The highest BCUT2D eigenvalue weighted by molar-refractivity contribution is 7.12. The van der Waals surface area contributed by atoms with E-state index in [9.17, 15) is 4.79 Å². The van der Waals surface area contributed by atoms with Gasteiger partial charge < -0.3 is 0 Å².